The van der Waals surface area contributed by atoms with Crippen molar-refractivity contribution in [2.75, 3.05) is 11.9 Å². The molecule has 0 amide bonds. The molecule has 0 saturated heterocycles. The third-order valence-corrected chi connectivity index (χ3v) is 3.79. The maximum Gasteiger partial charge on any atom is 0.252 e. The van der Waals surface area contributed by atoms with Crippen molar-refractivity contribution in [3.8, 4) is 0 Å². The van der Waals surface area contributed by atoms with Gasteiger partial charge in [0.15, 0.2) is 0 Å². The van der Waals surface area contributed by atoms with Gasteiger partial charge in [0, 0.05) is 19.0 Å². The van der Waals surface area contributed by atoms with Crippen LogP contribution in [0.15, 0.2) is 10.9 Å². The zero-order valence-electron chi connectivity index (χ0n) is 11.7. The van der Waals surface area contributed by atoms with Crippen molar-refractivity contribution in [2.24, 2.45) is 5.92 Å². The fourth-order valence-corrected chi connectivity index (χ4v) is 2.81. The topological polar surface area (TPSA) is 78.0 Å². The lowest BCUT2D eigenvalue weighted by atomic mass is 9.79. The Labute approximate surface area is 113 Å². The molecule has 0 bridgehead atoms. The quantitative estimate of drug-likeness (QED) is 0.774. The molecule has 19 heavy (non-hydrogen) atoms. The summed E-state index contributed by atoms with van der Waals surface area (Å²) < 4.78 is 0. The molecular weight excluding hydrogens is 242 g/mol. The van der Waals surface area contributed by atoms with Gasteiger partial charge in [-0.05, 0) is 18.8 Å². The van der Waals surface area contributed by atoms with E-state index in [4.69, 9.17) is 0 Å². The molecular formula is C14H23N3O2. The second-order valence-electron chi connectivity index (χ2n) is 5.71. The first-order chi connectivity index (χ1) is 9.00. The molecule has 2 atom stereocenters. The average Bonchev–Trinajstić information content (AvgIpc) is 2.35. The second-order valence-corrected chi connectivity index (χ2v) is 5.71. The van der Waals surface area contributed by atoms with Gasteiger partial charge in [-0.25, -0.2) is 4.98 Å². The molecule has 0 radical (unpaired) electrons. The molecule has 1 aromatic rings. The van der Waals surface area contributed by atoms with Crippen LogP contribution in [0.4, 0.5) is 5.82 Å². The predicted molar refractivity (Wildman–Crippen MR) is 75.3 cm³/mol. The lowest BCUT2D eigenvalue weighted by molar-refractivity contribution is -0.000834. The van der Waals surface area contributed by atoms with E-state index in [0.29, 0.717) is 30.5 Å². The molecule has 106 valence electrons. The number of aliphatic hydroxyl groups is 1. The number of rotatable bonds is 4. The molecule has 1 aromatic heterocycles. The summed E-state index contributed by atoms with van der Waals surface area (Å²) in [7, 11) is 0. The number of aromatic amines is 1. The Morgan fingerprint density at radius 3 is 3.11 bits per heavy atom. The number of aromatic nitrogens is 2. The van der Waals surface area contributed by atoms with E-state index in [2.05, 4.69) is 22.2 Å². The summed E-state index contributed by atoms with van der Waals surface area (Å²) in [5.74, 6) is 1.77. The number of hydrogen-bond donors (Lipinski definition) is 3. The van der Waals surface area contributed by atoms with Crippen LogP contribution in [0.5, 0.6) is 0 Å². The fraction of sp³-hybridized carbons (Fsp3) is 0.714. The summed E-state index contributed by atoms with van der Waals surface area (Å²) in [5, 5.41) is 13.6. The van der Waals surface area contributed by atoms with E-state index < -0.39 is 5.60 Å². The summed E-state index contributed by atoms with van der Waals surface area (Å²) in [6, 6.07) is 1.44. The molecule has 5 heteroatoms. The summed E-state index contributed by atoms with van der Waals surface area (Å²) >= 11 is 0. The normalized spacial score (nSPS) is 27.2. The molecule has 3 N–H and O–H groups in total. The van der Waals surface area contributed by atoms with E-state index in [9.17, 15) is 9.90 Å². The molecule has 1 saturated carbocycles. The summed E-state index contributed by atoms with van der Waals surface area (Å²) in [4.78, 5) is 18.4. The third kappa shape index (κ3) is 3.80. The van der Waals surface area contributed by atoms with Gasteiger partial charge in [-0.1, -0.05) is 26.7 Å². The summed E-state index contributed by atoms with van der Waals surface area (Å²) in [6.07, 6.45) is 4.55. The zero-order chi connectivity index (χ0) is 13.9. The summed E-state index contributed by atoms with van der Waals surface area (Å²) in [6.45, 7) is 4.57. The monoisotopic (exact) mass is 265 g/mol. The van der Waals surface area contributed by atoms with Crippen molar-refractivity contribution in [3.63, 3.8) is 0 Å². The highest BCUT2D eigenvalue weighted by atomic mass is 16.3. The number of nitrogens with one attached hydrogen (secondary N) is 2. The van der Waals surface area contributed by atoms with Crippen LogP contribution in [0.3, 0.4) is 0 Å². The van der Waals surface area contributed by atoms with E-state index in [0.717, 1.165) is 19.3 Å². The molecule has 1 aliphatic carbocycles. The Morgan fingerprint density at radius 2 is 2.42 bits per heavy atom. The Balaban J connectivity index is 2.01. The Hall–Kier alpha value is -1.36. The van der Waals surface area contributed by atoms with Gasteiger partial charge in [0.2, 0.25) is 0 Å². The molecule has 2 unspecified atom stereocenters. The van der Waals surface area contributed by atoms with Crippen LogP contribution < -0.4 is 10.9 Å². The van der Waals surface area contributed by atoms with Crippen LogP contribution in [0.25, 0.3) is 0 Å². The van der Waals surface area contributed by atoms with Crippen LogP contribution >= 0.6 is 0 Å². The first-order valence-corrected chi connectivity index (χ1v) is 7.07. The molecule has 0 spiro atoms. The zero-order valence-corrected chi connectivity index (χ0v) is 11.7. The van der Waals surface area contributed by atoms with E-state index in [1.807, 2.05) is 6.92 Å². The van der Waals surface area contributed by atoms with Crippen molar-refractivity contribution >= 4 is 5.82 Å². The molecule has 0 aliphatic heterocycles. The summed E-state index contributed by atoms with van der Waals surface area (Å²) in [5.41, 5.74) is -0.827. The predicted octanol–water partition coefficient (Wildman–Crippen LogP) is 1.69. The first-order valence-electron chi connectivity index (χ1n) is 7.07. The molecule has 1 fully saturated rings. The van der Waals surface area contributed by atoms with E-state index in [-0.39, 0.29) is 5.56 Å². The minimum absolute atomic E-state index is 0.154. The average molecular weight is 265 g/mol. The van der Waals surface area contributed by atoms with Gasteiger partial charge in [-0.2, -0.15) is 0 Å². The lowest BCUT2D eigenvalue weighted by Gasteiger charge is -2.35. The SMILES string of the molecule is CCc1nc(NCC2(O)CCCC(C)C2)cc(=O)[nH]1. The van der Waals surface area contributed by atoms with Gasteiger partial charge in [-0.15, -0.1) is 0 Å². The largest absolute Gasteiger partial charge is 0.388 e. The highest BCUT2D eigenvalue weighted by Gasteiger charge is 2.32. The number of nitrogens with zero attached hydrogens (tertiary/aromatic N) is 1. The Morgan fingerprint density at radius 1 is 1.63 bits per heavy atom. The third-order valence-electron chi connectivity index (χ3n) is 3.79. The Kier molecular flexibility index (Phi) is 4.24. The maximum absolute atomic E-state index is 11.5. The van der Waals surface area contributed by atoms with Crippen LogP contribution in [-0.2, 0) is 6.42 Å². The Bertz CT molecular complexity index is 486. The fourth-order valence-electron chi connectivity index (χ4n) is 2.81. The number of aryl methyl sites for hydroxylation is 1. The van der Waals surface area contributed by atoms with Crippen molar-refractivity contribution in [2.45, 2.75) is 51.6 Å². The van der Waals surface area contributed by atoms with Gasteiger partial charge in [0.1, 0.15) is 11.6 Å². The minimum atomic E-state index is -0.672. The van der Waals surface area contributed by atoms with Crippen molar-refractivity contribution in [1.82, 2.24) is 9.97 Å². The van der Waals surface area contributed by atoms with Crippen LogP contribution in [-0.4, -0.2) is 27.2 Å². The molecule has 2 rings (SSSR count). The number of H-pyrrole nitrogens is 1. The van der Waals surface area contributed by atoms with E-state index in [1.165, 1.54) is 12.5 Å². The second kappa shape index (κ2) is 5.74. The van der Waals surface area contributed by atoms with Crippen molar-refractivity contribution in [1.29, 1.82) is 0 Å². The van der Waals surface area contributed by atoms with Gasteiger partial charge in [0.25, 0.3) is 5.56 Å². The molecule has 5 nitrogen and oxygen atoms in total. The molecule has 1 aliphatic rings. The van der Waals surface area contributed by atoms with Crippen LogP contribution in [0.1, 0.15) is 45.4 Å². The van der Waals surface area contributed by atoms with Crippen molar-refractivity contribution in [3.05, 3.63) is 22.2 Å². The number of anilines is 1. The van der Waals surface area contributed by atoms with Gasteiger partial charge in [0.05, 0.1) is 5.60 Å². The maximum atomic E-state index is 11.5. The van der Waals surface area contributed by atoms with E-state index in [1.54, 1.807) is 0 Å². The highest BCUT2D eigenvalue weighted by Crippen LogP contribution is 2.32. The molecule has 1 heterocycles. The van der Waals surface area contributed by atoms with Gasteiger partial charge < -0.3 is 15.4 Å². The van der Waals surface area contributed by atoms with Crippen molar-refractivity contribution < 1.29 is 5.11 Å². The van der Waals surface area contributed by atoms with Crippen LogP contribution in [0, 0.1) is 5.92 Å². The smallest absolute Gasteiger partial charge is 0.252 e. The first kappa shape index (κ1) is 14.1. The van der Waals surface area contributed by atoms with E-state index >= 15 is 0 Å². The molecule has 0 aromatic carbocycles. The van der Waals surface area contributed by atoms with Gasteiger partial charge in [-0.3, -0.25) is 4.79 Å². The van der Waals surface area contributed by atoms with Gasteiger partial charge >= 0.3 is 0 Å². The standard InChI is InChI=1S/C14H23N3O2/c1-3-11-16-12(7-13(18)17-11)15-9-14(19)6-4-5-10(2)8-14/h7,10,19H,3-6,8-9H2,1-2H3,(H2,15,16,17,18). The minimum Gasteiger partial charge on any atom is -0.388 e. The van der Waals surface area contributed by atoms with Crippen LogP contribution in [0.2, 0.25) is 0 Å². The number of hydrogen-bond acceptors (Lipinski definition) is 4. The highest BCUT2D eigenvalue weighted by molar-refractivity contribution is 5.33. The lowest BCUT2D eigenvalue weighted by Crippen LogP contribution is -2.41.